The summed E-state index contributed by atoms with van der Waals surface area (Å²) in [5.41, 5.74) is 9.70. The first-order valence-electron chi connectivity index (χ1n) is 11.7. The Balaban J connectivity index is 1.66. The number of halogens is 3. The summed E-state index contributed by atoms with van der Waals surface area (Å²) >= 11 is 0. The molecule has 0 atom stereocenters. The van der Waals surface area contributed by atoms with E-state index >= 15 is 0 Å². The number of nitrogens with one attached hydrogen (secondary N) is 1. The lowest BCUT2D eigenvalue weighted by Crippen LogP contribution is -2.14. The number of fused-ring (bicyclic) bond motifs is 1. The van der Waals surface area contributed by atoms with E-state index in [-0.39, 0.29) is 11.4 Å². The molecule has 7 nitrogen and oxygen atoms in total. The molecule has 3 heterocycles. The third kappa shape index (κ3) is 5.32. The highest BCUT2D eigenvalue weighted by Crippen LogP contribution is 2.33. The smallest absolute Gasteiger partial charge is 0.382 e. The van der Waals surface area contributed by atoms with Crippen LogP contribution in [0.25, 0.3) is 22.3 Å². The second-order valence-corrected chi connectivity index (χ2v) is 9.09. The molecule has 10 heteroatoms. The van der Waals surface area contributed by atoms with Gasteiger partial charge in [-0.1, -0.05) is 32.1 Å². The van der Waals surface area contributed by atoms with Gasteiger partial charge in [0.1, 0.15) is 28.7 Å². The van der Waals surface area contributed by atoms with Crippen molar-refractivity contribution in [1.82, 2.24) is 19.4 Å². The second-order valence-electron chi connectivity index (χ2n) is 9.09. The van der Waals surface area contributed by atoms with Crippen LogP contribution >= 0.6 is 0 Å². The number of carbonyl (C=O) groups excluding carboxylic acids is 1. The number of anilines is 2. The van der Waals surface area contributed by atoms with E-state index in [0.717, 1.165) is 47.4 Å². The van der Waals surface area contributed by atoms with E-state index in [9.17, 15) is 18.0 Å². The van der Waals surface area contributed by atoms with Crippen LogP contribution in [-0.2, 0) is 6.18 Å². The molecule has 0 saturated heterocycles. The molecule has 1 aromatic carbocycles. The average molecular weight is 509 g/mol. The number of aromatic nitrogens is 4. The summed E-state index contributed by atoms with van der Waals surface area (Å²) in [7, 11) is 0. The maximum absolute atomic E-state index is 13.0. The number of alkyl halides is 3. The van der Waals surface area contributed by atoms with Gasteiger partial charge in [-0.2, -0.15) is 13.2 Å². The second kappa shape index (κ2) is 10.0. The van der Waals surface area contributed by atoms with E-state index < -0.39 is 17.6 Å². The number of allylic oxidation sites excluding steroid dienone is 2. The number of benzene rings is 1. The normalized spacial score (nSPS) is 12.4. The predicted molar refractivity (Wildman–Crippen MR) is 138 cm³/mol. The third-order valence-corrected chi connectivity index (χ3v) is 5.91. The topological polar surface area (TPSA) is 98.2 Å². The summed E-state index contributed by atoms with van der Waals surface area (Å²) in [5, 5.41) is 2.41. The Kier molecular flexibility index (Phi) is 7.02. The minimum atomic E-state index is -4.53. The van der Waals surface area contributed by atoms with Crippen molar-refractivity contribution in [2.45, 2.75) is 40.3 Å². The molecule has 0 unspecified atom stereocenters. The number of amides is 1. The van der Waals surface area contributed by atoms with E-state index in [1.165, 1.54) is 0 Å². The molecule has 4 rings (SSSR count). The first kappa shape index (κ1) is 25.9. The first-order valence-corrected chi connectivity index (χ1v) is 11.7. The molecule has 0 aliphatic carbocycles. The molecule has 192 valence electrons. The van der Waals surface area contributed by atoms with Crippen molar-refractivity contribution >= 4 is 28.6 Å². The lowest BCUT2D eigenvalue weighted by molar-refractivity contribution is -0.137. The molecule has 37 heavy (non-hydrogen) atoms. The van der Waals surface area contributed by atoms with Crippen LogP contribution in [0.4, 0.5) is 24.8 Å². The van der Waals surface area contributed by atoms with Crippen LogP contribution in [-0.4, -0.2) is 25.3 Å². The Morgan fingerprint density at radius 1 is 1.16 bits per heavy atom. The quantitative estimate of drug-likeness (QED) is 0.314. The van der Waals surface area contributed by atoms with Gasteiger partial charge in [-0.05, 0) is 56.0 Å². The van der Waals surface area contributed by atoms with E-state index in [2.05, 4.69) is 35.2 Å². The largest absolute Gasteiger partial charge is 0.416 e. The van der Waals surface area contributed by atoms with Crippen molar-refractivity contribution in [3.05, 3.63) is 77.5 Å². The van der Waals surface area contributed by atoms with Gasteiger partial charge in [0.25, 0.3) is 5.91 Å². The fraction of sp³-hybridized carbons (Fsp3) is 0.259. The highest BCUT2D eigenvalue weighted by atomic mass is 19.4. The van der Waals surface area contributed by atoms with Gasteiger partial charge < -0.3 is 11.1 Å². The SMILES string of the molecule is C/C=C(\CC(C)C)c1cnc(N)c2c(-c3ccc(C(=O)Nc4cc(C(F)(F)F)ccn4)cc3)nc(C)n12. The van der Waals surface area contributed by atoms with E-state index in [1.54, 1.807) is 30.5 Å². The van der Waals surface area contributed by atoms with Crippen molar-refractivity contribution < 1.29 is 18.0 Å². The van der Waals surface area contributed by atoms with Gasteiger partial charge >= 0.3 is 6.18 Å². The Morgan fingerprint density at radius 3 is 2.49 bits per heavy atom. The molecule has 4 aromatic rings. The van der Waals surface area contributed by atoms with Gasteiger partial charge in [0.05, 0.1) is 17.5 Å². The monoisotopic (exact) mass is 508 g/mol. The van der Waals surface area contributed by atoms with E-state index in [1.807, 2.05) is 18.2 Å². The van der Waals surface area contributed by atoms with Crippen molar-refractivity contribution in [3.8, 4) is 11.3 Å². The van der Waals surface area contributed by atoms with Gasteiger partial charge in [0, 0.05) is 17.3 Å². The molecule has 0 radical (unpaired) electrons. The van der Waals surface area contributed by atoms with E-state index in [4.69, 9.17) is 10.7 Å². The third-order valence-electron chi connectivity index (χ3n) is 5.91. The van der Waals surface area contributed by atoms with Gasteiger partial charge in [-0.3, -0.25) is 9.20 Å². The number of rotatable bonds is 6. The molecule has 0 fully saturated rings. The summed E-state index contributed by atoms with van der Waals surface area (Å²) in [6.45, 7) is 8.19. The average Bonchev–Trinajstić information content (AvgIpc) is 3.21. The van der Waals surface area contributed by atoms with Gasteiger partial charge in [0.2, 0.25) is 0 Å². The molecule has 0 spiro atoms. The molecule has 0 aliphatic heterocycles. The molecule has 0 bridgehead atoms. The Hall–Kier alpha value is -4.21. The molecule has 0 saturated carbocycles. The van der Waals surface area contributed by atoms with Crippen LogP contribution in [0.3, 0.4) is 0 Å². The molecule has 1 amide bonds. The van der Waals surface area contributed by atoms with Gasteiger partial charge in [-0.15, -0.1) is 0 Å². The first-order chi connectivity index (χ1) is 17.5. The lowest BCUT2D eigenvalue weighted by atomic mass is 10.00. The maximum Gasteiger partial charge on any atom is 0.416 e. The Morgan fingerprint density at radius 2 is 1.86 bits per heavy atom. The zero-order valence-electron chi connectivity index (χ0n) is 20.9. The Bertz CT molecular complexity index is 1490. The summed E-state index contributed by atoms with van der Waals surface area (Å²) in [4.78, 5) is 25.6. The number of carbonyl (C=O) groups is 1. The summed E-state index contributed by atoms with van der Waals surface area (Å²) in [5.74, 6) is 0.754. The molecule has 3 N–H and O–H groups in total. The zero-order valence-corrected chi connectivity index (χ0v) is 20.9. The van der Waals surface area contributed by atoms with Crippen LogP contribution in [0.2, 0.25) is 0 Å². The molecular formula is C27H27F3N6O. The lowest BCUT2D eigenvalue weighted by Gasteiger charge is -2.14. The van der Waals surface area contributed by atoms with Crippen molar-refractivity contribution in [2.24, 2.45) is 5.92 Å². The number of hydrogen-bond acceptors (Lipinski definition) is 5. The van der Waals surface area contributed by atoms with Crippen molar-refractivity contribution in [1.29, 1.82) is 0 Å². The fourth-order valence-corrected chi connectivity index (χ4v) is 4.19. The summed E-state index contributed by atoms with van der Waals surface area (Å²) in [6, 6.07) is 8.21. The van der Waals surface area contributed by atoms with Crippen LogP contribution in [0.15, 0.2) is 54.9 Å². The minimum Gasteiger partial charge on any atom is -0.382 e. The highest BCUT2D eigenvalue weighted by Gasteiger charge is 2.31. The molecule has 3 aromatic heterocycles. The van der Waals surface area contributed by atoms with Crippen LogP contribution in [0, 0.1) is 12.8 Å². The van der Waals surface area contributed by atoms with Crippen LogP contribution in [0.1, 0.15) is 54.6 Å². The van der Waals surface area contributed by atoms with Gasteiger partial charge in [-0.25, -0.2) is 15.0 Å². The number of pyridine rings is 1. The summed E-state index contributed by atoms with van der Waals surface area (Å²) in [6.07, 6.45) is 1.16. The summed E-state index contributed by atoms with van der Waals surface area (Å²) < 4.78 is 40.9. The molecular weight excluding hydrogens is 481 g/mol. The van der Waals surface area contributed by atoms with Crippen molar-refractivity contribution in [3.63, 3.8) is 0 Å². The van der Waals surface area contributed by atoms with Crippen LogP contribution in [0.5, 0.6) is 0 Å². The standard InChI is InChI=1S/C27H27F3N6O/c1-5-17(12-15(2)3)21-14-33-25(31)24-23(34-16(4)36(21)24)18-6-8-19(9-7-18)26(37)35-22-13-20(10-11-32-22)27(28,29)30/h5-11,13-15H,12H2,1-4H3,(H2,31,33)(H,32,35,37)/b17-5+. The number of imidazole rings is 1. The Labute approximate surface area is 212 Å². The number of nitrogens with zero attached hydrogens (tertiary/aromatic N) is 4. The fourth-order valence-electron chi connectivity index (χ4n) is 4.19. The van der Waals surface area contributed by atoms with Crippen molar-refractivity contribution in [2.75, 3.05) is 11.1 Å². The number of hydrogen-bond donors (Lipinski definition) is 2. The molecule has 0 aliphatic rings. The maximum atomic E-state index is 13.0. The highest BCUT2D eigenvalue weighted by molar-refractivity contribution is 6.04. The van der Waals surface area contributed by atoms with Gasteiger partial charge in [0.15, 0.2) is 0 Å². The predicted octanol–water partition coefficient (Wildman–Crippen LogP) is 6.40. The number of nitrogen functional groups attached to an aromatic ring is 1. The number of nitrogens with two attached hydrogens (primary N) is 1. The zero-order chi connectivity index (χ0) is 26.9. The van der Waals surface area contributed by atoms with E-state index in [0.29, 0.717) is 22.9 Å². The minimum absolute atomic E-state index is 0.188. The van der Waals surface area contributed by atoms with Crippen LogP contribution < -0.4 is 11.1 Å². The number of aryl methyl sites for hydroxylation is 1.